The van der Waals surface area contributed by atoms with E-state index < -0.39 is 0 Å². The van der Waals surface area contributed by atoms with Crippen LogP contribution in [0, 0.1) is 0 Å². The van der Waals surface area contributed by atoms with Gasteiger partial charge in [0.1, 0.15) is 0 Å². The molecule has 0 saturated heterocycles. The molecular weight excluding hydrogens is 168 g/mol. The third kappa shape index (κ3) is 363. The molecule has 0 heterocycles. The van der Waals surface area contributed by atoms with Crippen molar-refractivity contribution in [1.29, 1.82) is 0 Å². The van der Waals surface area contributed by atoms with Gasteiger partial charge in [-0.25, -0.2) is 0 Å². The van der Waals surface area contributed by atoms with Gasteiger partial charge < -0.3 is 0 Å². The van der Waals surface area contributed by atoms with E-state index in [9.17, 15) is 0 Å². The van der Waals surface area contributed by atoms with E-state index >= 15 is 0 Å². The van der Waals surface area contributed by atoms with E-state index in [2.05, 4.69) is 41.5 Å². The maximum absolute atomic E-state index is 2.21. The van der Waals surface area contributed by atoms with Gasteiger partial charge in [0, 0.05) is 0 Å². The van der Waals surface area contributed by atoms with Crippen LogP contribution in [0.2, 0.25) is 0 Å². The van der Waals surface area contributed by atoms with E-state index in [1.165, 1.54) is 32.1 Å². The van der Waals surface area contributed by atoms with Crippen LogP contribution in [0.1, 0.15) is 95.9 Å². The molecule has 0 aliphatic rings. The molecule has 0 unspecified atom stereocenters. The predicted octanol–water partition coefficient (Wildman–Crippen LogP) is 6.94. The lowest BCUT2D eigenvalue weighted by molar-refractivity contribution is 0.772. The fraction of sp³-hybridized carbons (Fsp3) is 1.00. The molecule has 0 radical (unpaired) electrons. The third-order valence-electron chi connectivity index (χ3n) is 0.707. The number of hydrogen-bond donors (Lipinski definition) is 0. The summed E-state index contributed by atoms with van der Waals surface area (Å²) in [6.07, 6.45) is 6.58. The Labute approximate surface area is 96.5 Å². The molecule has 0 rings (SSSR count). The quantitative estimate of drug-likeness (QED) is 0.461. The van der Waals surface area contributed by atoms with Crippen LogP contribution in [0.3, 0.4) is 0 Å². The van der Waals surface area contributed by atoms with Crippen molar-refractivity contribution in [3.63, 3.8) is 0 Å². The summed E-state index contributed by atoms with van der Waals surface area (Å²) < 4.78 is 0. The summed E-state index contributed by atoms with van der Waals surface area (Å²) in [7, 11) is 0. The first-order valence-corrected chi connectivity index (χ1v) is 5.24. The van der Waals surface area contributed by atoms with E-state index in [-0.39, 0.29) is 22.3 Å². The summed E-state index contributed by atoms with van der Waals surface area (Å²) in [4.78, 5) is 0. The first-order valence-electron chi connectivity index (χ1n) is 5.24. The lowest BCUT2D eigenvalue weighted by atomic mass is 10.3. The minimum atomic E-state index is 0. The van der Waals surface area contributed by atoms with Crippen LogP contribution in [-0.2, 0) is 0 Å². The fourth-order valence-electron chi connectivity index (χ4n) is 0.354. The van der Waals surface area contributed by atoms with Gasteiger partial charge in [0.25, 0.3) is 0 Å². The zero-order valence-corrected chi connectivity index (χ0v) is 9.54. The van der Waals surface area contributed by atoms with Crippen LogP contribution >= 0.6 is 0 Å². The molecule has 0 aliphatic heterocycles. The van der Waals surface area contributed by atoms with Crippen LogP contribution in [0.25, 0.3) is 0 Å². The van der Waals surface area contributed by atoms with Crippen molar-refractivity contribution >= 4 is 0 Å². The van der Waals surface area contributed by atoms with Crippen molar-refractivity contribution in [3.05, 3.63) is 0 Å². The van der Waals surface area contributed by atoms with Crippen molar-refractivity contribution in [3.8, 4) is 0 Å². The molecule has 0 bridgehead atoms. The zero-order valence-electron chi connectivity index (χ0n) is 9.54. The molecule has 0 aromatic heterocycles. The van der Waals surface area contributed by atoms with E-state index in [4.69, 9.17) is 0 Å². The average Bonchev–Trinajstić information content (AvgIpc) is 1.92. The minimum Gasteiger partial charge on any atom is -0.0776 e. The Morgan fingerprint density at radius 3 is 0.643 bits per heavy atom. The van der Waals surface area contributed by atoms with Crippen LogP contribution in [0.5, 0.6) is 0 Å². The van der Waals surface area contributed by atoms with Crippen molar-refractivity contribution in [1.82, 2.24) is 0 Å². The molecule has 0 amide bonds. The summed E-state index contributed by atoms with van der Waals surface area (Å²) in [5, 5.41) is 0. The largest absolute Gasteiger partial charge is 0.0776 e. The second-order valence-electron chi connectivity index (χ2n) is 2.77. The highest BCUT2D eigenvalue weighted by Crippen LogP contribution is 1.88. The number of unbranched alkanes of at least 4 members (excludes halogenated alkanes) is 2. The van der Waals surface area contributed by atoms with Gasteiger partial charge in [-0.05, 0) is 0 Å². The van der Waals surface area contributed by atoms with Gasteiger partial charge in [-0.1, -0.05) is 95.9 Å². The Morgan fingerprint density at radius 2 is 0.643 bits per heavy atom. The van der Waals surface area contributed by atoms with Gasteiger partial charge in [0.05, 0.1) is 0 Å². The molecule has 0 N–H and O–H groups in total. The molecule has 14 heavy (non-hydrogen) atoms. The minimum absolute atomic E-state index is 0. The summed E-state index contributed by atoms with van der Waals surface area (Å²) in [6, 6.07) is 0. The van der Waals surface area contributed by atoms with Gasteiger partial charge in [0.15, 0.2) is 0 Å². The fourth-order valence-corrected chi connectivity index (χ4v) is 0.354. The van der Waals surface area contributed by atoms with Gasteiger partial charge in [-0.15, -0.1) is 0 Å². The van der Waals surface area contributed by atoms with Gasteiger partial charge in [-0.3, -0.25) is 0 Å². The third-order valence-corrected chi connectivity index (χ3v) is 0.707. The van der Waals surface area contributed by atoms with Crippen molar-refractivity contribution < 1.29 is 0 Å². The Kier molecular flexibility index (Phi) is 198. The summed E-state index contributed by atoms with van der Waals surface area (Å²) in [5.41, 5.74) is 0. The molecule has 0 nitrogen and oxygen atoms in total. The second-order valence-corrected chi connectivity index (χ2v) is 2.77. The summed E-state index contributed by atoms with van der Waals surface area (Å²) in [6.45, 7) is 12.9. The SMILES string of the molecule is C.C.C.CCC.CCC.CCCCC. The van der Waals surface area contributed by atoms with E-state index in [0.717, 1.165) is 0 Å². The topological polar surface area (TPSA) is 0 Å². The molecule has 0 aliphatic carbocycles. The Morgan fingerprint density at radius 1 is 0.500 bits per heavy atom. The molecule has 0 saturated carbocycles. The van der Waals surface area contributed by atoms with Crippen LogP contribution in [0.4, 0.5) is 0 Å². The van der Waals surface area contributed by atoms with E-state index in [1.807, 2.05) is 0 Å². The van der Waals surface area contributed by atoms with Gasteiger partial charge in [-0.2, -0.15) is 0 Å². The molecule has 0 fully saturated rings. The predicted molar refractivity (Wildman–Crippen MR) is 77.3 cm³/mol. The van der Waals surface area contributed by atoms with Crippen LogP contribution < -0.4 is 0 Å². The molecular formula is C14H40. The molecule has 0 atom stereocenters. The average molecular weight is 208 g/mol. The molecule has 0 spiro atoms. The first kappa shape index (κ1) is 37.0. The Bertz CT molecular complexity index is 19.2. The van der Waals surface area contributed by atoms with E-state index in [0.29, 0.717) is 0 Å². The van der Waals surface area contributed by atoms with E-state index in [1.54, 1.807) is 0 Å². The number of hydrogen-bond acceptors (Lipinski definition) is 0. The molecule has 0 aromatic rings. The summed E-state index contributed by atoms with van der Waals surface area (Å²) >= 11 is 0. The maximum Gasteiger partial charge on any atom is -0.0538 e. The molecule has 96 valence electrons. The highest BCUT2D eigenvalue weighted by atomic mass is 13.7. The van der Waals surface area contributed by atoms with Gasteiger partial charge >= 0.3 is 0 Å². The number of rotatable bonds is 2. The zero-order chi connectivity index (χ0) is 9.54. The van der Waals surface area contributed by atoms with Crippen molar-refractivity contribution in [2.45, 2.75) is 95.9 Å². The Hall–Kier alpha value is 0. The van der Waals surface area contributed by atoms with Crippen molar-refractivity contribution in [2.24, 2.45) is 0 Å². The smallest absolute Gasteiger partial charge is 0.0538 e. The lowest BCUT2D eigenvalue weighted by Gasteiger charge is -1.79. The monoisotopic (exact) mass is 208 g/mol. The second kappa shape index (κ2) is 74.9. The highest BCUT2D eigenvalue weighted by molar-refractivity contribution is 4.24. The summed E-state index contributed by atoms with van der Waals surface area (Å²) in [5.74, 6) is 0. The van der Waals surface area contributed by atoms with Crippen LogP contribution in [-0.4, -0.2) is 0 Å². The Balaban J connectivity index is -0.0000000162. The maximum atomic E-state index is 2.21. The standard InChI is InChI=1S/C5H12.2C3H8.3CH4/c1-3-5-4-2;2*1-3-2;;;/h3-5H2,1-2H3;2*3H2,1-2H3;3*1H4. The molecule has 0 heteroatoms. The normalized spacial score (nSPS) is 5.57. The first-order chi connectivity index (χ1) is 5.24. The van der Waals surface area contributed by atoms with Crippen LogP contribution in [0.15, 0.2) is 0 Å². The molecule has 0 aromatic carbocycles. The lowest BCUT2D eigenvalue weighted by Crippen LogP contribution is -1.59. The highest BCUT2D eigenvalue weighted by Gasteiger charge is 1.68. The van der Waals surface area contributed by atoms with Crippen molar-refractivity contribution in [2.75, 3.05) is 0 Å². The van der Waals surface area contributed by atoms with Gasteiger partial charge in [0.2, 0.25) is 0 Å².